The number of likely N-dealkylation sites (N-methyl/N-ethyl adjacent to an activating group) is 1. The molecule has 5 heteroatoms. The van der Waals surface area contributed by atoms with E-state index in [1.807, 2.05) is 18.0 Å². The van der Waals surface area contributed by atoms with Gasteiger partial charge in [0.15, 0.2) is 0 Å². The molecule has 1 unspecified atom stereocenters. The maximum atomic E-state index is 12.0. The van der Waals surface area contributed by atoms with Crippen LogP contribution in [0.15, 0.2) is 22.7 Å². The first-order valence-electron chi connectivity index (χ1n) is 6.49. The summed E-state index contributed by atoms with van der Waals surface area (Å²) in [5.41, 5.74) is 7.91. The van der Waals surface area contributed by atoms with Crippen LogP contribution in [0.25, 0.3) is 0 Å². The van der Waals surface area contributed by atoms with Gasteiger partial charge in [0.2, 0.25) is 5.91 Å². The zero-order chi connectivity index (χ0) is 14.0. The molecule has 1 aliphatic rings. The molecule has 104 valence electrons. The van der Waals surface area contributed by atoms with Crippen LogP contribution in [-0.2, 0) is 4.79 Å². The fourth-order valence-corrected chi connectivity index (χ4v) is 2.67. The van der Waals surface area contributed by atoms with Crippen molar-refractivity contribution >= 4 is 27.5 Å². The molecule has 1 aromatic rings. The standard InChI is InChI=1S/C14H20BrN3O/c1-10-7-11(3-4-13(10)15)18-8-12(5-6-16)17(2)14(19)9-18/h3-4,7,12H,5-6,8-9,16H2,1-2H3. The highest BCUT2D eigenvalue weighted by Crippen LogP contribution is 2.25. The van der Waals surface area contributed by atoms with Gasteiger partial charge in [0.05, 0.1) is 12.6 Å². The molecule has 1 aliphatic heterocycles. The van der Waals surface area contributed by atoms with Crippen molar-refractivity contribution in [3.8, 4) is 0 Å². The zero-order valence-corrected chi connectivity index (χ0v) is 13.0. The van der Waals surface area contributed by atoms with Gasteiger partial charge in [0.25, 0.3) is 0 Å². The largest absolute Gasteiger partial charge is 0.360 e. The van der Waals surface area contributed by atoms with Crippen molar-refractivity contribution in [3.05, 3.63) is 28.2 Å². The van der Waals surface area contributed by atoms with Crippen molar-refractivity contribution in [1.82, 2.24) is 4.90 Å². The van der Waals surface area contributed by atoms with Crippen LogP contribution in [0, 0.1) is 6.92 Å². The molecule has 0 aliphatic carbocycles. The lowest BCUT2D eigenvalue weighted by atomic mass is 10.1. The van der Waals surface area contributed by atoms with E-state index in [4.69, 9.17) is 5.73 Å². The summed E-state index contributed by atoms with van der Waals surface area (Å²) in [7, 11) is 1.87. The Bertz CT molecular complexity index is 478. The maximum absolute atomic E-state index is 12.0. The minimum absolute atomic E-state index is 0.158. The van der Waals surface area contributed by atoms with Crippen LogP contribution in [0.5, 0.6) is 0 Å². The molecule has 1 amide bonds. The Balaban J connectivity index is 2.20. The van der Waals surface area contributed by atoms with Crippen LogP contribution in [0.2, 0.25) is 0 Å². The van der Waals surface area contributed by atoms with E-state index < -0.39 is 0 Å². The Kier molecular flexibility index (Phi) is 4.47. The fraction of sp³-hybridized carbons (Fsp3) is 0.500. The molecule has 0 bridgehead atoms. The van der Waals surface area contributed by atoms with E-state index in [1.165, 1.54) is 5.56 Å². The Morgan fingerprint density at radius 3 is 2.84 bits per heavy atom. The van der Waals surface area contributed by atoms with Gasteiger partial charge < -0.3 is 15.5 Å². The third kappa shape index (κ3) is 3.09. The molecule has 1 fully saturated rings. The summed E-state index contributed by atoms with van der Waals surface area (Å²) in [5.74, 6) is 0.158. The first-order valence-corrected chi connectivity index (χ1v) is 7.29. The van der Waals surface area contributed by atoms with E-state index in [0.29, 0.717) is 13.1 Å². The topological polar surface area (TPSA) is 49.6 Å². The van der Waals surface area contributed by atoms with E-state index in [9.17, 15) is 4.79 Å². The summed E-state index contributed by atoms with van der Waals surface area (Å²) in [6.07, 6.45) is 0.842. The molecule has 1 saturated heterocycles. The smallest absolute Gasteiger partial charge is 0.242 e. The highest BCUT2D eigenvalue weighted by molar-refractivity contribution is 9.10. The molecule has 4 nitrogen and oxygen atoms in total. The molecule has 2 N–H and O–H groups in total. The number of carbonyl (C=O) groups excluding carboxylic acids is 1. The monoisotopic (exact) mass is 325 g/mol. The number of nitrogens with two attached hydrogens (primary N) is 1. The molecule has 19 heavy (non-hydrogen) atoms. The number of rotatable bonds is 3. The van der Waals surface area contributed by atoms with E-state index in [2.05, 4.69) is 39.9 Å². The third-order valence-electron chi connectivity index (χ3n) is 3.70. The highest BCUT2D eigenvalue weighted by Gasteiger charge is 2.29. The second-order valence-corrected chi connectivity index (χ2v) is 5.90. The number of halogens is 1. The van der Waals surface area contributed by atoms with Crippen LogP contribution >= 0.6 is 15.9 Å². The summed E-state index contributed by atoms with van der Waals surface area (Å²) >= 11 is 3.50. The molecule has 0 spiro atoms. The predicted molar refractivity (Wildman–Crippen MR) is 81.3 cm³/mol. The number of anilines is 1. The molecular formula is C14H20BrN3O. The molecule has 0 radical (unpaired) electrons. The van der Waals surface area contributed by atoms with Gasteiger partial charge in [0, 0.05) is 23.8 Å². The van der Waals surface area contributed by atoms with E-state index in [-0.39, 0.29) is 11.9 Å². The zero-order valence-electron chi connectivity index (χ0n) is 11.4. The molecule has 1 heterocycles. The molecule has 0 saturated carbocycles. The second kappa shape index (κ2) is 5.92. The first kappa shape index (κ1) is 14.3. The van der Waals surface area contributed by atoms with E-state index >= 15 is 0 Å². The summed E-state index contributed by atoms with van der Waals surface area (Å²) in [4.78, 5) is 16.0. The van der Waals surface area contributed by atoms with Gasteiger partial charge in [-0.05, 0) is 43.7 Å². The van der Waals surface area contributed by atoms with Gasteiger partial charge in [-0.15, -0.1) is 0 Å². The Labute approximate surface area is 122 Å². The number of carbonyl (C=O) groups is 1. The lowest BCUT2D eigenvalue weighted by Crippen LogP contribution is -2.55. The third-order valence-corrected chi connectivity index (χ3v) is 4.59. The first-order chi connectivity index (χ1) is 9.02. The summed E-state index contributed by atoms with van der Waals surface area (Å²) < 4.78 is 1.09. The van der Waals surface area contributed by atoms with Crippen molar-refractivity contribution in [1.29, 1.82) is 0 Å². The number of benzene rings is 1. The fourth-order valence-electron chi connectivity index (χ4n) is 2.42. The summed E-state index contributed by atoms with van der Waals surface area (Å²) in [6.45, 7) is 3.96. The van der Waals surface area contributed by atoms with Gasteiger partial charge in [-0.2, -0.15) is 0 Å². The molecule has 1 aromatic carbocycles. The van der Waals surface area contributed by atoms with Crippen LogP contribution in [0.1, 0.15) is 12.0 Å². The maximum Gasteiger partial charge on any atom is 0.242 e. The lowest BCUT2D eigenvalue weighted by Gasteiger charge is -2.40. The number of hydrogen-bond acceptors (Lipinski definition) is 3. The average Bonchev–Trinajstić information content (AvgIpc) is 2.38. The van der Waals surface area contributed by atoms with Crippen LogP contribution < -0.4 is 10.6 Å². The van der Waals surface area contributed by atoms with Crippen molar-refractivity contribution < 1.29 is 4.79 Å². The van der Waals surface area contributed by atoms with Crippen molar-refractivity contribution in [2.75, 3.05) is 31.6 Å². The van der Waals surface area contributed by atoms with E-state index in [0.717, 1.165) is 23.1 Å². The summed E-state index contributed by atoms with van der Waals surface area (Å²) in [5, 5.41) is 0. The van der Waals surface area contributed by atoms with Crippen molar-refractivity contribution in [2.45, 2.75) is 19.4 Å². The van der Waals surface area contributed by atoms with Gasteiger partial charge in [-0.25, -0.2) is 0 Å². The SMILES string of the molecule is Cc1cc(N2CC(=O)N(C)C(CCN)C2)ccc1Br. The average molecular weight is 326 g/mol. The van der Waals surface area contributed by atoms with Crippen LogP contribution in [0.3, 0.4) is 0 Å². The van der Waals surface area contributed by atoms with Crippen molar-refractivity contribution in [3.63, 3.8) is 0 Å². The van der Waals surface area contributed by atoms with E-state index in [1.54, 1.807) is 0 Å². The Morgan fingerprint density at radius 2 is 2.21 bits per heavy atom. The molecule has 2 rings (SSSR count). The summed E-state index contributed by atoms with van der Waals surface area (Å²) in [6, 6.07) is 6.40. The number of hydrogen-bond donors (Lipinski definition) is 1. The van der Waals surface area contributed by atoms with Gasteiger partial charge in [-0.3, -0.25) is 4.79 Å². The minimum atomic E-state index is 0.158. The molecule has 0 aromatic heterocycles. The minimum Gasteiger partial charge on any atom is -0.360 e. The predicted octanol–water partition coefficient (Wildman–Crippen LogP) is 1.75. The highest BCUT2D eigenvalue weighted by atomic mass is 79.9. The number of piperazine rings is 1. The van der Waals surface area contributed by atoms with Crippen LogP contribution in [0.4, 0.5) is 5.69 Å². The van der Waals surface area contributed by atoms with Crippen LogP contribution in [-0.4, -0.2) is 43.5 Å². The normalized spacial score (nSPS) is 20.0. The number of aryl methyl sites for hydroxylation is 1. The van der Waals surface area contributed by atoms with Gasteiger partial charge >= 0.3 is 0 Å². The Hall–Kier alpha value is -1.07. The number of nitrogens with zero attached hydrogens (tertiary/aromatic N) is 2. The molecular weight excluding hydrogens is 306 g/mol. The Morgan fingerprint density at radius 1 is 1.47 bits per heavy atom. The van der Waals surface area contributed by atoms with Gasteiger partial charge in [0.1, 0.15) is 0 Å². The lowest BCUT2D eigenvalue weighted by molar-refractivity contribution is -0.132. The van der Waals surface area contributed by atoms with Crippen molar-refractivity contribution in [2.24, 2.45) is 5.73 Å². The van der Waals surface area contributed by atoms with Gasteiger partial charge in [-0.1, -0.05) is 15.9 Å². The quantitative estimate of drug-likeness (QED) is 0.921. The molecule has 1 atom stereocenters. The number of amides is 1. The second-order valence-electron chi connectivity index (χ2n) is 5.05.